The van der Waals surface area contributed by atoms with Crippen molar-refractivity contribution in [1.82, 2.24) is 0 Å². The maximum atomic E-state index is 10.5. The van der Waals surface area contributed by atoms with Gasteiger partial charge in [-0.05, 0) is 42.8 Å². The van der Waals surface area contributed by atoms with E-state index < -0.39 is 4.92 Å². The third kappa shape index (κ3) is 3.12. The molecule has 0 heterocycles. The summed E-state index contributed by atoms with van der Waals surface area (Å²) in [6, 6.07) is 10.4. The molecule has 0 amide bonds. The van der Waals surface area contributed by atoms with E-state index in [4.69, 9.17) is 0 Å². The van der Waals surface area contributed by atoms with Gasteiger partial charge >= 0.3 is 0 Å². The fourth-order valence-corrected chi connectivity index (χ4v) is 1.39. The number of aromatic hydroxyl groups is 1. The molecule has 0 unspecified atom stereocenters. The minimum Gasteiger partial charge on any atom is -0.508 e. The Morgan fingerprint density at radius 3 is 2.21 bits per heavy atom. The van der Waals surface area contributed by atoms with Crippen LogP contribution in [-0.4, -0.2) is 10.0 Å². The first-order chi connectivity index (χ1) is 9.06. The molecule has 1 N–H and O–H groups in total. The highest BCUT2D eigenvalue weighted by atomic mass is 16.6. The fraction of sp³-hybridized carbons (Fsp3) is 0. The predicted octanol–water partition coefficient (Wildman–Crippen LogP) is 3.90. The van der Waals surface area contributed by atoms with E-state index in [2.05, 4.69) is 17.2 Å². The number of nitro groups is 1. The maximum Gasteiger partial charge on any atom is 0.269 e. The Balaban J connectivity index is 2.17. The van der Waals surface area contributed by atoms with Gasteiger partial charge in [-0.1, -0.05) is 0 Å². The van der Waals surface area contributed by atoms with E-state index in [9.17, 15) is 15.2 Å². The smallest absolute Gasteiger partial charge is 0.269 e. The molecule has 0 spiro atoms. The van der Waals surface area contributed by atoms with Crippen molar-refractivity contribution in [2.75, 3.05) is 0 Å². The Morgan fingerprint density at radius 1 is 1.05 bits per heavy atom. The van der Waals surface area contributed by atoms with Gasteiger partial charge in [-0.15, -0.1) is 0 Å². The van der Waals surface area contributed by atoms with Crippen LogP contribution in [-0.2, 0) is 0 Å². The van der Waals surface area contributed by atoms with E-state index in [1.165, 1.54) is 30.3 Å². The highest BCUT2D eigenvalue weighted by Crippen LogP contribution is 2.25. The quantitative estimate of drug-likeness (QED) is 0.513. The third-order valence-electron chi connectivity index (χ3n) is 2.40. The molecule has 0 aliphatic rings. The molecule has 0 fully saturated rings. The first-order valence-electron chi connectivity index (χ1n) is 5.37. The number of phenolic OH excluding ortho intramolecular Hbond substituents is 1. The second-order valence-corrected chi connectivity index (χ2v) is 3.79. The molecule has 0 aromatic heterocycles. The second kappa shape index (κ2) is 5.26. The van der Waals surface area contributed by atoms with Crippen LogP contribution in [0.5, 0.6) is 5.75 Å². The molecule has 6 nitrogen and oxygen atoms in total. The van der Waals surface area contributed by atoms with E-state index in [0.29, 0.717) is 16.9 Å². The second-order valence-electron chi connectivity index (χ2n) is 3.79. The normalized spacial score (nSPS) is 10.8. The van der Waals surface area contributed by atoms with Crippen molar-refractivity contribution < 1.29 is 10.0 Å². The number of benzene rings is 2. The molecule has 1 radical (unpaired) electrons. The lowest BCUT2D eigenvalue weighted by Crippen LogP contribution is -1.85. The van der Waals surface area contributed by atoms with Crippen molar-refractivity contribution in [3.8, 4) is 5.75 Å². The van der Waals surface area contributed by atoms with Crippen LogP contribution in [0.25, 0.3) is 0 Å². The van der Waals surface area contributed by atoms with Crippen molar-refractivity contribution in [2.24, 2.45) is 10.2 Å². The molecule has 6 heteroatoms. The molecule has 0 saturated heterocycles. The minimum absolute atomic E-state index is 0.00336. The number of nitrogens with zero attached hydrogens (tertiary/aromatic N) is 3. The number of hydrogen-bond acceptors (Lipinski definition) is 5. The van der Waals surface area contributed by atoms with Gasteiger partial charge in [0.25, 0.3) is 5.69 Å². The summed E-state index contributed by atoms with van der Waals surface area (Å²) in [7, 11) is 0. The molecule has 95 valence electrons. The Hall–Kier alpha value is -2.76. The summed E-state index contributed by atoms with van der Waals surface area (Å²) in [4.78, 5) is 10.0. The van der Waals surface area contributed by atoms with E-state index in [0.717, 1.165) is 0 Å². The highest BCUT2D eigenvalue weighted by Gasteiger charge is 2.03. The Kier molecular flexibility index (Phi) is 3.51. The average molecular weight is 256 g/mol. The number of phenols is 1. The molecule has 0 aliphatic carbocycles. The summed E-state index contributed by atoms with van der Waals surface area (Å²) < 4.78 is 0. The Labute approximate surface area is 109 Å². The van der Waals surface area contributed by atoms with Crippen molar-refractivity contribution in [3.05, 3.63) is 65.1 Å². The van der Waals surface area contributed by atoms with Crippen molar-refractivity contribution >= 4 is 17.1 Å². The van der Waals surface area contributed by atoms with Crippen LogP contribution < -0.4 is 0 Å². The van der Waals surface area contributed by atoms with Gasteiger partial charge in [0.15, 0.2) is 0 Å². The predicted molar refractivity (Wildman–Crippen MR) is 69.8 cm³/mol. The topological polar surface area (TPSA) is 88.1 Å². The van der Waals surface area contributed by atoms with E-state index in [1.54, 1.807) is 12.1 Å². The summed E-state index contributed by atoms with van der Waals surface area (Å²) in [5.41, 5.74) is 1.51. The zero-order valence-corrected chi connectivity index (χ0v) is 9.85. The van der Waals surface area contributed by atoms with Gasteiger partial charge in [0.1, 0.15) is 5.75 Å². The molecule has 2 rings (SSSR count). The molecular formula is C13H10N3O3. The van der Waals surface area contributed by atoms with E-state index in [-0.39, 0.29) is 11.4 Å². The molecule has 0 saturated carbocycles. The summed E-state index contributed by atoms with van der Waals surface area (Å²) in [5, 5.41) is 27.7. The van der Waals surface area contributed by atoms with Crippen LogP contribution in [0, 0.1) is 17.0 Å². The van der Waals surface area contributed by atoms with Crippen LogP contribution in [0.4, 0.5) is 17.1 Å². The minimum atomic E-state index is -0.476. The number of non-ortho nitro benzene ring substituents is 1. The maximum absolute atomic E-state index is 10.5. The van der Waals surface area contributed by atoms with Gasteiger partial charge in [-0.3, -0.25) is 10.1 Å². The highest BCUT2D eigenvalue weighted by molar-refractivity contribution is 5.49. The number of nitro benzene ring substituents is 1. The lowest BCUT2D eigenvalue weighted by atomic mass is 10.2. The summed E-state index contributed by atoms with van der Waals surface area (Å²) in [5.74, 6) is 0.0919. The molecule has 0 atom stereocenters. The molecule has 0 aliphatic heterocycles. The van der Waals surface area contributed by atoms with Crippen LogP contribution in [0.15, 0.2) is 52.7 Å². The third-order valence-corrected chi connectivity index (χ3v) is 2.40. The first-order valence-corrected chi connectivity index (χ1v) is 5.37. The number of hydrogen-bond donors (Lipinski definition) is 1. The van der Waals surface area contributed by atoms with E-state index >= 15 is 0 Å². The van der Waals surface area contributed by atoms with Crippen LogP contribution in [0.2, 0.25) is 0 Å². The van der Waals surface area contributed by atoms with Gasteiger partial charge < -0.3 is 5.11 Å². The largest absolute Gasteiger partial charge is 0.508 e. The molecule has 2 aromatic carbocycles. The number of rotatable bonds is 3. The average Bonchev–Trinajstić information content (AvgIpc) is 2.40. The zero-order chi connectivity index (χ0) is 13.8. The van der Waals surface area contributed by atoms with Crippen LogP contribution in [0.3, 0.4) is 0 Å². The van der Waals surface area contributed by atoms with Gasteiger partial charge in [0.2, 0.25) is 0 Å². The monoisotopic (exact) mass is 256 g/mol. The summed E-state index contributed by atoms with van der Waals surface area (Å²) in [6.07, 6.45) is 0. The SMILES string of the molecule is [CH2]c1cc(/N=N/c2ccc([N+](=O)[O-])cc2)ccc1O. The molecule has 19 heavy (non-hydrogen) atoms. The standard InChI is InChI=1S/C13H10N3O3/c1-9-8-11(4-7-13(9)17)15-14-10-2-5-12(6-3-10)16(18)19/h2-8,17H,1H2/b15-14+. The molecular weight excluding hydrogens is 246 g/mol. The van der Waals surface area contributed by atoms with Gasteiger partial charge in [-0.2, -0.15) is 10.2 Å². The number of azo groups is 1. The Morgan fingerprint density at radius 2 is 1.63 bits per heavy atom. The van der Waals surface area contributed by atoms with E-state index in [1.807, 2.05) is 0 Å². The molecule has 2 aromatic rings. The van der Waals surface area contributed by atoms with Gasteiger partial charge in [0.05, 0.1) is 16.3 Å². The zero-order valence-electron chi connectivity index (χ0n) is 9.85. The van der Waals surface area contributed by atoms with Crippen molar-refractivity contribution in [2.45, 2.75) is 0 Å². The fourth-order valence-electron chi connectivity index (χ4n) is 1.39. The lowest BCUT2D eigenvalue weighted by Gasteiger charge is -1.98. The van der Waals surface area contributed by atoms with Gasteiger partial charge in [0, 0.05) is 12.1 Å². The van der Waals surface area contributed by atoms with Gasteiger partial charge in [-0.25, -0.2) is 0 Å². The Bertz CT molecular complexity index is 636. The van der Waals surface area contributed by atoms with Crippen LogP contribution in [0.1, 0.15) is 5.56 Å². The van der Waals surface area contributed by atoms with Crippen molar-refractivity contribution in [1.29, 1.82) is 0 Å². The molecule has 0 bridgehead atoms. The van der Waals surface area contributed by atoms with Crippen LogP contribution >= 0.6 is 0 Å². The summed E-state index contributed by atoms with van der Waals surface area (Å²) in [6.45, 7) is 3.64. The summed E-state index contributed by atoms with van der Waals surface area (Å²) >= 11 is 0. The first kappa shape index (κ1) is 12.7. The lowest BCUT2D eigenvalue weighted by molar-refractivity contribution is -0.384. The van der Waals surface area contributed by atoms with Crippen molar-refractivity contribution in [3.63, 3.8) is 0 Å².